The maximum absolute atomic E-state index is 9.33. The molecule has 8 aromatic carbocycles. The number of fused-ring (bicyclic) bond motifs is 7. The molecule has 0 amide bonds. The number of hydrogen-bond acceptors (Lipinski definition) is 1. The molecule has 0 bridgehead atoms. The Bertz CT molecular complexity index is 2970. The molecule has 0 saturated carbocycles. The highest BCUT2D eigenvalue weighted by Gasteiger charge is 2.18. The maximum Gasteiger partial charge on any atom is 0.0991 e. The van der Waals surface area contributed by atoms with Crippen LogP contribution in [0.5, 0.6) is 0 Å². The average Bonchev–Trinajstić information content (AvgIpc) is 3.70. The number of aromatic nitrogens is 2. The van der Waals surface area contributed by atoms with Crippen molar-refractivity contribution in [3.8, 4) is 39.7 Å². The highest BCUT2D eigenvalue weighted by Crippen LogP contribution is 2.40. The summed E-state index contributed by atoms with van der Waals surface area (Å²) in [6, 6.07) is 65.0. The van der Waals surface area contributed by atoms with Gasteiger partial charge in [-0.3, -0.25) is 0 Å². The van der Waals surface area contributed by atoms with Crippen molar-refractivity contribution in [2.75, 3.05) is 0 Å². The lowest BCUT2D eigenvalue weighted by Gasteiger charge is -2.15. The van der Waals surface area contributed by atoms with Crippen molar-refractivity contribution >= 4 is 54.4 Å². The van der Waals surface area contributed by atoms with Crippen LogP contribution >= 0.6 is 0 Å². The third-order valence-electron chi connectivity index (χ3n) is 10.2. The Balaban J connectivity index is 1.16. The molecule has 10 aromatic rings. The summed E-state index contributed by atoms with van der Waals surface area (Å²) in [7, 11) is 0. The van der Waals surface area contributed by atoms with Gasteiger partial charge in [-0.1, -0.05) is 109 Å². The smallest absolute Gasteiger partial charge is 0.0991 e. The summed E-state index contributed by atoms with van der Waals surface area (Å²) in [6.45, 7) is 0. The van der Waals surface area contributed by atoms with Crippen LogP contribution in [-0.4, -0.2) is 9.13 Å². The third-order valence-corrected chi connectivity index (χ3v) is 10.2. The molecule has 3 heteroatoms. The van der Waals surface area contributed by atoms with Crippen molar-refractivity contribution in [3.05, 3.63) is 181 Å². The quantitative estimate of drug-likeness (QED) is 0.189. The van der Waals surface area contributed by atoms with Crippen LogP contribution in [0.1, 0.15) is 5.56 Å². The lowest BCUT2D eigenvalue weighted by atomic mass is 9.96. The van der Waals surface area contributed by atoms with Crippen LogP contribution in [-0.2, 0) is 0 Å². The van der Waals surface area contributed by atoms with E-state index in [9.17, 15) is 5.26 Å². The summed E-state index contributed by atoms with van der Waals surface area (Å²) in [4.78, 5) is 0. The minimum Gasteiger partial charge on any atom is -0.309 e. The van der Waals surface area contributed by atoms with Gasteiger partial charge in [0.1, 0.15) is 0 Å². The van der Waals surface area contributed by atoms with Crippen molar-refractivity contribution in [2.24, 2.45) is 0 Å². The average molecular weight is 636 g/mol. The molecule has 0 aliphatic heterocycles. The lowest BCUT2D eigenvalue weighted by Crippen LogP contribution is -1.96. The van der Waals surface area contributed by atoms with E-state index in [-0.39, 0.29) is 0 Å². The Labute approximate surface area is 289 Å². The van der Waals surface area contributed by atoms with E-state index < -0.39 is 0 Å². The first-order valence-electron chi connectivity index (χ1n) is 16.9. The van der Waals surface area contributed by atoms with Gasteiger partial charge < -0.3 is 9.13 Å². The molecule has 50 heavy (non-hydrogen) atoms. The van der Waals surface area contributed by atoms with Gasteiger partial charge in [-0.25, -0.2) is 0 Å². The molecule has 0 N–H and O–H groups in total. The molecule has 0 radical (unpaired) electrons. The number of benzene rings is 8. The SMILES string of the molecule is N#Cc1ccc(-c2ccc(-n3c4ccccc4c4cc(-c5ccc6c(c5)c5ccccc5n6-c5ccccc5)ccc43)c3ccccc23)cc1. The van der Waals surface area contributed by atoms with E-state index >= 15 is 0 Å². The fourth-order valence-corrected chi connectivity index (χ4v) is 7.87. The van der Waals surface area contributed by atoms with Gasteiger partial charge in [0.25, 0.3) is 0 Å². The summed E-state index contributed by atoms with van der Waals surface area (Å²) in [6.07, 6.45) is 0. The Morgan fingerprint density at radius 1 is 0.360 bits per heavy atom. The zero-order valence-corrected chi connectivity index (χ0v) is 27.1. The number of nitriles is 1. The summed E-state index contributed by atoms with van der Waals surface area (Å²) >= 11 is 0. The second-order valence-corrected chi connectivity index (χ2v) is 12.9. The zero-order chi connectivity index (χ0) is 33.2. The molecule has 10 rings (SSSR count). The Morgan fingerprint density at radius 3 is 1.50 bits per heavy atom. The van der Waals surface area contributed by atoms with Gasteiger partial charge in [0.15, 0.2) is 0 Å². The molecule has 3 nitrogen and oxygen atoms in total. The first kappa shape index (κ1) is 28.2. The van der Waals surface area contributed by atoms with Crippen LogP contribution in [0.4, 0.5) is 0 Å². The molecule has 0 atom stereocenters. The van der Waals surface area contributed by atoms with E-state index in [1.54, 1.807) is 0 Å². The van der Waals surface area contributed by atoms with Crippen LogP contribution in [0, 0.1) is 11.3 Å². The summed E-state index contributed by atoms with van der Waals surface area (Å²) in [5.41, 5.74) is 12.4. The molecule has 0 spiro atoms. The molecule has 0 aliphatic carbocycles. The van der Waals surface area contributed by atoms with Gasteiger partial charge in [0.2, 0.25) is 0 Å². The maximum atomic E-state index is 9.33. The van der Waals surface area contributed by atoms with Crippen LogP contribution in [0.25, 0.3) is 88.0 Å². The van der Waals surface area contributed by atoms with E-state index in [1.165, 1.54) is 65.5 Å². The molecular weight excluding hydrogens is 607 g/mol. The van der Waals surface area contributed by atoms with E-state index in [0.717, 1.165) is 22.5 Å². The summed E-state index contributed by atoms with van der Waals surface area (Å²) in [5, 5.41) is 16.7. The van der Waals surface area contributed by atoms with Gasteiger partial charge in [0.05, 0.1) is 39.4 Å². The first-order chi connectivity index (χ1) is 24.8. The molecule has 2 heterocycles. The van der Waals surface area contributed by atoms with E-state index in [4.69, 9.17) is 0 Å². The van der Waals surface area contributed by atoms with Crippen LogP contribution in [0.2, 0.25) is 0 Å². The highest BCUT2D eigenvalue weighted by molar-refractivity contribution is 6.14. The van der Waals surface area contributed by atoms with Crippen molar-refractivity contribution < 1.29 is 0 Å². The Morgan fingerprint density at radius 2 is 0.860 bits per heavy atom. The molecule has 0 saturated heterocycles. The standard InChI is InChI=1S/C47H29N3/c48-30-31-18-20-32(21-19-31)36-24-27-45(38-13-5-4-12-37(36)38)50-44-17-9-7-15-40(44)42-29-34(23-26-47(42)50)33-22-25-46-41(28-33)39-14-6-8-16-43(39)49(46)35-10-2-1-3-11-35/h1-29H. The van der Waals surface area contributed by atoms with Crippen molar-refractivity contribution in [2.45, 2.75) is 0 Å². The van der Waals surface area contributed by atoms with Gasteiger partial charge in [0, 0.05) is 32.6 Å². The Hall–Kier alpha value is -6.89. The summed E-state index contributed by atoms with van der Waals surface area (Å²) < 4.78 is 4.78. The van der Waals surface area contributed by atoms with Gasteiger partial charge in [-0.05, 0) is 94.4 Å². The van der Waals surface area contributed by atoms with Crippen LogP contribution < -0.4 is 0 Å². The molecule has 2 aromatic heterocycles. The minimum atomic E-state index is 0.665. The van der Waals surface area contributed by atoms with Crippen LogP contribution in [0.15, 0.2) is 176 Å². The van der Waals surface area contributed by atoms with Crippen molar-refractivity contribution in [1.82, 2.24) is 9.13 Å². The molecule has 0 aliphatic rings. The van der Waals surface area contributed by atoms with Crippen LogP contribution in [0.3, 0.4) is 0 Å². The summed E-state index contributed by atoms with van der Waals surface area (Å²) in [5.74, 6) is 0. The minimum absolute atomic E-state index is 0.665. The van der Waals surface area contributed by atoms with Gasteiger partial charge >= 0.3 is 0 Å². The predicted molar refractivity (Wildman–Crippen MR) is 208 cm³/mol. The van der Waals surface area contributed by atoms with Crippen molar-refractivity contribution in [1.29, 1.82) is 5.26 Å². The predicted octanol–water partition coefficient (Wildman–Crippen LogP) is 12.2. The van der Waals surface area contributed by atoms with Gasteiger partial charge in [-0.2, -0.15) is 5.26 Å². The second-order valence-electron chi connectivity index (χ2n) is 12.9. The monoisotopic (exact) mass is 635 g/mol. The number of rotatable bonds is 4. The molecule has 232 valence electrons. The molecule has 0 fully saturated rings. The number of nitrogens with zero attached hydrogens (tertiary/aromatic N) is 3. The third kappa shape index (κ3) is 4.23. The van der Waals surface area contributed by atoms with E-state index in [2.05, 4.69) is 167 Å². The normalized spacial score (nSPS) is 11.6. The largest absolute Gasteiger partial charge is 0.309 e. The topological polar surface area (TPSA) is 33.6 Å². The fraction of sp³-hybridized carbons (Fsp3) is 0. The second kappa shape index (κ2) is 11.1. The zero-order valence-electron chi connectivity index (χ0n) is 27.1. The highest BCUT2D eigenvalue weighted by atomic mass is 15.0. The number of hydrogen-bond donors (Lipinski definition) is 0. The fourth-order valence-electron chi connectivity index (χ4n) is 7.87. The molecular formula is C47H29N3. The van der Waals surface area contributed by atoms with E-state index in [1.807, 2.05) is 24.3 Å². The van der Waals surface area contributed by atoms with Crippen molar-refractivity contribution in [3.63, 3.8) is 0 Å². The Kier molecular flexibility index (Phi) is 6.24. The number of para-hydroxylation sites is 3. The first-order valence-corrected chi connectivity index (χ1v) is 16.9. The van der Waals surface area contributed by atoms with E-state index in [0.29, 0.717) is 5.56 Å². The molecule has 0 unspecified atom stereocenters. The van der Waals surface area contributed by atoms with Gasteiger partial charge in [-0.15, -0.1) is 0 Å². The lowest BCUT2D eigenvalue weighted by molar-refractivity contribution is 1.18.